The Hall–Kier alpha value is -2.89. The minimum atomic E-state index is -0.398. The smallest absolute Gasteiger partial charge is 0.254 e. The number of nitrogens with zero attached hydrogens (tertiary/aromatic N) is 4. The Bertz CT molecular complexity index is 858. The first-order valence-electron chi connectivity index (χ1n) is 8.42. The van der Waals surface area contributed by atoms with Crippen molar-refractivity contribution in [3.63, 3.8) is 0 Å². The molecule has 2 aromatic heterocycles. The standard InChI is InChI=1S/C19H19FN4O/c20-17-12-15(5-6-18(17)22-8-1-2-9-22)19(25)23-10-3-4-16(13-23)24-11-7-21-14-24/h1-2,5-9,11-12,14,16H,3-4,10,13H2. The number of aromatic nitrogens is 3. The number of hydrogen-bond donors (Lipinski definition) is 0. The summed E-state index contributed by atoms with van der Waals surface area (Å²) in [5.41, 5.74) is 0.830. The topological polar surface area (TPSA) is 43.1 Å². The van der Waals surface area contributed by atoms with E-state index < -0.39 is 5.82 Å². The lowest BCUT2D eigenvalue weighted by atomic mass is 10.0. The summed E-state index contributed by atoms with van der Waals surface area (Å²) in [4.78, 5) is 18.7. The fraction of sp³-hybridized carbons (Fsp3) is 0.263. The van der Waals surface area contributed by atoms with Gasteiger partial charge in [-0.15, -0.1) is 0 Å². The van der Waals surface area contributed by atoms with E-state index >= 15 is 0 Å². The molecule has 1 aromatic carbocycles. The average molecular weight is 338 g/mol. The fourth-order valence-electron chi connectivity index (χ4n) is 3.39. The highest BCUT2D eigenvalue weighted by atomic mass is 19.1. The van der Waals surface area contributed by atoms with Gasteiger partial charge in [-0.25, -0.2) is 9.37 Å². The summed E-state index contributed by atoms with van der Waals surface area (Å²) in [7, 11) is 0. The molecule has 1 unspecified atom stereocenters. The fourth-order valence-corrected chi connectivity index (χ4v) is 3.39. The van der Waals surface area contributed by atoms with Gasteiger partial charge in [0.05, 0.1) is 18.1 Å². The third-order valence-corrected chi connectivity index (χ3v) is 4.71. The van der Waals surface area contributed by atoms with Crippen LogP contribution in [0.1, 0.15) is 29.2 Å². The first kappa shape index (κ1) is 15.6. The lowest BCUT2D eigenvalue weighted by Crippen LogP contribution is -2.40. The molecule has 1 fully saturated rings. The van der Waals surface area contributed by atoms with Crippen LogP contribution in [0.4, 0.5) is 4.39 Å². The molecule has 1 aliphatic heterocycles. The van der Waals surface area contributed by atoms with Crippen LogP contribution in [0.25, 0.3) is 5.69 Å². The minimum Gasteiger partial charge on any atom is -0.337 e. The first-order chi connectivity index (χ1) is 12.2. The summed E-state index contributed by atoms with van der Waals surface area (Å²) in [6, 6.07) is 8.58. The average Bonchev–Trinajstić information content (AvgIpc) is 3.35. The van der Waals surface area contributed by atoms with Crippen LogP contribution in [0, 0.1) is 5.82 Å². The van der Waals surface area contributed by atoms with Crippen molar-refractivity contribution in [2.45, 2.75) is 18.9 Å². The van der Waals surface area contributed by atoms with E-state index in [0.29, 0.717) is 24.3 Å². The molecule has 0 radical (unpaired) electrons. The molecule has 128 valence electrons. The molecule has 5 nitrogen and oxygen atoms in total. The highest BCUT2D eigenvalue weighted by molar-refractivity contribution is 5.94. The summed E-state index contributed by atoms with van der Waals surface area (Å²) in [5, 5.41) is 0. The predicted octanol–water partition coefficient (Wildman–Crippen LogP) is 3.29. The summed E-state index contributed by atoms with van der Waals surface area (Å²) in [6.45, 7) is 1.32. The van der Waals surface area contributed by atoms with Crippen LogP contribution >= 0.6 is 0 Å². The SMILES string of the molecule is O=C(c1ccc(-n2cccc2)c(F)c1)N1CCCC(n2ccnc2)C1. The van der Waals surface area contributed by atoms with Gasteiger partial charge in [0.15, 0.2) is 0 Å². The highest BCUT2D eigenvalue weighted by Gasteiger charge is 2.25. The van der Waals surface area contributed by atoms with E-state index in [1.807, 2.05) is 22.9 Å². The normalized spacial score (nSPS) is 17.6. The molecule has 6 heteroatoms. The molecule has 25 heavy (non-hydrogen) atoms. The van der Waals surface area contributed by atoms with Crippen LogP contribution in [-0.4, -0.2) is 38.0 Å². The summed E-state index contributed by atoms with van der Waals surface area (Å²) in [5.74, 6) is -0.520. The Kier molecular flexibility index (Phi) is 4.09. The third kappa shape index (κ3) is 3.07. The molecule has 0 saturated carbocycles. The lowest BCUT2D eigenvalue weighted by Gasteiger charge is -2.33. The maximum Gasteiger partial charge on any atom is 0.254 e. The van der Waals surface area contributed by atoms with Crippen molar-refractivity contribution in [3.05, 3.63) is 72.8 Å². The summed E-state index contributed by atoms with van der Waals surface area (Å²) < 4.78 is 18.2. The Morgan fingerprint density at radius 3 is 2.76 bits per heavy atom. The number of amides is 1. The third-order valence-electron chi connectivity index (χ3n) is 4.71. The van der Waals surface area contributed by atoms with Crippen LogP contribution in [0.3, 0.4) is 0 Å². The van der Waals surface area contributed by atoms with Crippen LogP contribution in [0.5, 0.6) is 0 Å². The molecule has 1 amide bonds. The quantitative estimate of drug-likeness (QED) is 0.735. The van der Waals surface area contributed by atoms with Crippen molar-refractivity contribution in [2.75, 3.05) is 13.1 Å². The molecule has 0 N–H and O–H groups in total. The Balaban J connectivity index is 1.53. The number of benzene rings is 1. The van der Waals surface area contributed by atoms with Crippen molar-refractivity contribution in [1.82, 2.24) is 19.0 Å². The molecule has 3 aromatic rings. The monoisotopic (exact) mass is 338 g/mol. The number of carbonyl (C=O) groups excluding carboxylic acids is 1. The molecule has 1 aliphatic rings. The maximum absolute atomic E-state index is 14.4. The zero-order valence-corrected chi connectivity index (χ0v) is 13.8. The molecule has 1 atom stereocenters. The number of rotatable bonds is 3. The second kappa shape index (κ2) is 6.55. The van der Waals surface area contributed by atoms with Crippen molar-refractivity contribution >= 4 is 5.91 Å². The van der Waals surface area contributed by atoms with Gasteiger partial charge in [0, 0.05) is 43.4 Å². The van der Waals surface area contributed by atoms with E-state index in [1.165, 1.54) is 6.07 Å². The van der Waals surface area contributed by atoms with E-state index in [2.05, 4.69) is 4.98 Å². The van der Waals surface area contributed by atoms with Gasteiger partial charge >= 0.3 is 0 Å². The van der Waals surface area contributed by atoms with Gasteiger partial charge < -0.3 is 14.0 Å². The molecule has 0 spiro atoms. The minimum absolute atomic E-state index is 0.122. The maximum atomic E-state index is 14.4. The molecule has 4 rings (SSSR count). The molecule has 0 aliphatic carbocycles. The largest absolute Gasteiger partial charge is 0.337 e. The van der Waals surface area contributed by atoms with E-state index in [4.69, 9.17) is 0 Å². The van der Waals surface area contributed by atoms with Gasteiger partial charge in [-0.2, -0.15) is 0 Å². The van der Waals surface area contributed by atoms with Gasteiger partial charge in [-0.3, -0.25) is 4.79 Å². The highest BCUT2D eigenvalue weighted by Crippen LogP contribution is 2.23. The predicted molar refractivity (Wildman–Crippen MR) is 92.1 cm³/mol. The number of imidazole rings is 1. The second-order valence-corrected chi connectivity index (χ2v) is 6.31. The first-order valence-corrected chi connectivity index (χ1v) is 8.42. The Morgan fingerprint density at radius 1 is 1.20 bits per heavy atom. The number of piperidine rings is 1. The van der Waals surface area contributed by atoms with Crippen molar-refractivity contribution < 1.29 is 9.18 Å². The van der Waals surface area contributed by atoms with E-state index in [1.54, 1.807) is 46.5 Å². The zero-order valence-electron chi connectivity index (χ0n) is 13.8. The van der Waals surface area contributed by atoms with Crippen molar-refractivity contribution in [1.29, 1.82) is 0 Å². The van der Waals surface area contributed by atoms with Crippen molar-refractivity contribution in [3.8, 4) is 5.69 Å². The summed E-state index contributed by atoms with van der Waals surface area (Å²) >= 11 is 0. The Labute approximate surface area is 145 Å². The molecule has 1 saturated heterocycles. The number of likely N-dealkylation sites (tertiary alicyclic amines) is 1. The zero-order chi connectivity index (χ0) is 17.2. The number of halogens is 1. The lowest BCUT2D eigenvalue weighted by molar-refractivity contribution is 0.0679. The molecular weight excluding hydrogens is 319 g/mol. The van der Waals surface area contributed by atoms with Crippen LogP contribution in [0.2, 0.25) is 0 Å². The Morgan fingerprint density at radius 2 is 2.04 bits per heavy atom. The number of hydrogen-bond acceptors (Lipinski definition) is 2. The second-order valence-electron chi connectivity index (χ2n) is 6.31. The van der Waals surface area contributed by atoms with Crippen LogP contribution < -0.4 is 0 Å². The molecule has 3 heterocycles. The van der Waals surface area contributed by atoms with E-state index in [0.717, 1.165) is 12.8 Å². The van der Waals surface area contributed by atoms with Crippen LogP contribution in [-0.2, 0) is 0 Å². The number of carbonyl (C=O) groups is 1. The van der Waals surface area contributed by atoms with E-state index in [9.17, 15) is 9.18 Å². The van der Waals surface area contributed by atoms with Gasteiger partial charge in [0.25, 0.3) is 5.91 Å². The summed E-state index contributed by atoms with van der Waals surface area (Å²) in [6.07, 6.45) is 10.9. The molecular formula is C19H19FN4O. The van der Waals surface area contributed by atoms with Gasteiger partial charge in [0.2, 0.25) is 0 Å². The molecule has 0 bridgehead atoms. The van der Waals surface area contributed by atoms with E-state index in [-0.39, 0.29) is 11.9 Å². The van der Waals surface area contributed by atoms with Crippen molar-refractivity contribution in [2.24, 2.45) is 0 Å². The van der Waals surface area contributed by atoms with Gasteiger partial charge in [0.1, 0.15) is 5.82 Å². The van der Waals surface area contributed by atoms with Crippen LogP contribution in [0.15, 0.2) is 61.4 Å². The van der Waals surface area contributed by atoms with Gasteiger partial charge in [-0.05, 0) is 43.2 Å². The van der Waals surface area contributed by atoms with Gasteiger partial charge in [-0.1, -0.05) is 0 Å².